The smallest absolute Gasteiger partial charge is 0.224 e. The third-order valence-corrected chi connectivity index (χ3v) is 3.06. The topological polar surface area (TPSA) is 64.8 Å². The summed E-state index contributed by atoms with van der Waals surface area (Å²) in [5.74, 6) is 1.54. The molecule has 0 bridgehead atoms. The Morgan fingerprint density at radius 2 is 1.95 bits per heavy atom. The monoisotopic (exact) mass is 278 g/mol. The predicted octanol–water partition coefficient (Wildman–Crippen LogP) is 1.54. The molecule has 0 fully saturated rings. The van der Waals surface area contributed by atoms with E-state index in [4.69, 9.17) is 15.2 Å². The third-order valence-electron chi connectivity index (χ3n) is 3.06. The van der Waals surface area contributed by atoms with Gasteiger partial charge in [0.15, 0.2) is 11.5 Å². The average Bonchev–Trinajstić information content (AvgIpc) is 2.36. The molecule has 20 heavy (non-hydrogen) atoms. The fourth-order valence-electron chi connectivity index (χ4n) is 2.07. The van der Waals surface area contributed by atoms with Crippen molar-refractivity contribution < 1.29 is 14.3 Å². The molecular weight excluding hydrogens is 256 g/mol. The second-order valence-electron chi connectivity index (χ2n) is 5.89. The van der Waals surface area contributed by atoms with Crippen LogP contribution in [-0.4, -0.2) is 36.6 Å². The average molecular weight is 278 g/mol. The van der Waals surface area contributed by atoms with Gasteiger partial charge in [0, 0.05) is 25.6 Å². The number of fused-ring (bicyclic) bond motifs is 1. The normalized spacial score (nSPS) is 14.0. The lowest BCUT2D eigenvalue weighted by molar-refractivity contribution is -0.131. The minimum absolute atomic E-state index is 0.0346. The number of carbonyl (C=O) groups is 1. The van der Waals surface area contributed by atoms with Crippen molar-refractivity contribution in [1.82, 2.24) is 4.90 Å². The van der Waals surface area contributed by atoms with E-state index < -0.39 is 5.54 Å². The van der Waals surface area contributed by atoms with Crippen molar-refractivity contribution in [1.29, 1.82) is 0 Å². The van der Waals surface area contributed by atoms with E-state index in [9.17, 15) is 4.79 Å². The van der Waals surface area contributed by atoms with E-state index in [1.54, 1.807) is 11.9 Å². The lowest BCUT2D eigenvalue weighted by Gasteiger charge is -2.24. The Balaban J connectivity index is 2.01. The van der Waals surface area contributed by atoms with Crippen LogP contribution in [0.3, 0.4) is 0 Å². The first-order chi connectivity index (χ1) is 9.35. The Labute approximate surface area is 119 Å². The molecule has 0 aromatic heterocycles. The molecule has 1 amide bonds. The van der Waals surface area contributed by atoms with Crippen molar-refractivity contribution in [2.24, 2.45) is 5.73 Å². The number of amides is 1. The van der Waals surface area contributed by atoms with Crippen LogP contribution in [0.5, 0.6) is 11.5 Å². The summed E-state index contributed by atoms with van der Waals surface area (Å²) in [6, 6.07) is 5.76. The van der Waals surface area contributed by atoms with Crippen molar-refractivity contribution in [3.05, 3.63) is 23.8 Å². The van der Waals surface area contributed by atoms with Gasteiger partial charge in [0.05, 0.1) is 0 Å². The number of nitrogens with zero attached hydrogens (tertiary/aromatic N) is 1. The number of hydrogen-bond acceptors (Lipinski definition) is 4. The van der Waals surface area contributed by atoms with Crippen molar-refractivity contribution in [2.75, 3.05) is 20.3 Å². The highest BCUT2D eigenvalue weighted by molar-refractivity contribution is 5.77. The summed E-state index contributed by atoms with van der Waals surface area (Å²) in [4.78, 5) is 13.7. The van der Waals surface area contributed by atoms with Crippen LogP contribution in [0, 0.1) is 0 Å². The Hall–Kier alpha value is -1.75. The van der Waals surface area contributed by atoms with E-state index in [2.05, 4.69) is 0 Å². The molecule has 0 aliphatic carbocycles. The van der Waals surface area contributed by atoms with Crippen molar-refractivity contribution in [2.45, 2.75) is 32.4 Å². The molecule has 1 aliphatic heterocycles. The van der Waals surface area contributed by atoms with Crippen LogP contribution < -0.4 is 15.2 Å². The van der Waals surface area contributed by atoms with E-state index in [1.807, 2.05) is 32.0 Å². The zero-order valence-electron chi connectivity index (χ0n) is 12.3. The van der Waals surface area contributed by atoms with Crippen LogP contribution in [0.4, 0.5) is 0 Å². The number of benzene rings is 1. The van der Waals surface area contributed by atoms with Crippen molar-refractivity contribution >= 4 is 5.91 Å². The molecule has 5 heteroatoms. The summed E-state index contributed by atoms with van der Waals surface area (Å²) in [6.07, 6.45) is 0.327. The first-order valence-electron chi connectivity index (χ1n) is 6.76. The Kier molecular flexibility index (Phi) is 4.18. The highest BCUT2D eigenvalue weighted by Crippen LogP contribution is 2.31. The van der Waals surface area contributed by atoms with Gasteiger partial charge >= 0.3 is 0 Å². The highest BCUT2D eigenvalue weighted by Gasteiger charge is 2.20. The minimum atomic E-state index is -0.488. The maximum atomic E-state index is 12.0. The van der Waals surface area contributed by atoms with Gasteiger partial charge in [-0.05, 0) is 31.5 Å². The van der Waals surface area contributed by atoms with Gasteiger partial charge in [0.2, 0.25) is 5.91 Å². The first-order valence-corrected chi connectivity index (χ1v) is 6.76. The standard InChI is InChI=1S/C15H22N2O3/c1-15(2,16)9-14(18)17(3)10-11-4-5-12-13(8-11)20-7-6-19-12/h4-5,8H,6-7,9-10,16H2,1-3H3. The third kappa shape index (κ3) is 3.87. The van der Waals surface area contributed by atoms with Crippen molar-refractivity contribution in [3.8, 4) is 11.5 Å². The Bertz CT molecular complexity index is 494. The van der Waals surface area contributed by atoms with Gasteiger partial charge in [-0.1, -0.05) is 6.07 Å². The van der Waals surface area contributed by atoms with Gasteiger partial charge < -0.3 is 20.1 Å². The number of hydrogen-bond donors (Lipinski definition) is 1. The Morgan fingerprint density at radius 3 is 2.60 bits per heavy atom. The maximum Gasteiger partial charge on any atom is 0.224 e. The van der Waals surface area contributed by atoms with E-state index in [-0.39, 0.29) is 5.91 Å². The van der Waals surface area contributed by atoms with E-state index in [1.165, 1.54) is 0 Å². The zero-order chi connectivity index (χ0) is 14.8. The van der Waals surface area contributed by atoms with Gasteiger partial charge in [-0.2, -0.15) is 0 Å². The zero-order valence-corrected chi connectivity index (χ0v) is 12.3. The molecule has 0 unspecified atom stereocenters. The quantitative estimate of drug-likeness (QED) is 0.907. The van der Waals surface area contributed by atoms with E-state index in [0.717, 1.165) is 17.1 Å². The number of nitrogens with two attached hydrogens (primary N) is 1. The van der Waals surface area contributed by atoms with Crippen LogP contribution in [0.15, 0.2) is 18.2 Å². The van der Waals surface area contributed by atoms with Crippen LogP contribution in [-0.2, 0) is 11.3 Å². The predicted molar refractivity (Wildman–Crippen MR) is 76.8 cm³/mol. The highest BCUT2D eigenvalue weighted by atomic mass is 16.6. The van der Waals surface area contributed by atoms with Gasteiger partial charge in [-0.15, -0.1) is 0 Å². The molecule has 5 nitrogen and oxygen atoms in total. The molecule has 1 aromatic rings. The van der Waals surface area contributed by atoms with Gasteiger partial charge in [-0.25, -0.2) is 0 Å². The van der Waals surface area contributed by atoms with Crippen LogP contribution in [0.25, 0.3) is 0 Å². The fourth-order valence-corrected chi connectivity index (χ4v) is 2.07. The molecule has 1 aliphatic rings. The molecule has 110 valence electrons. The summed E-state index contributed by atoms with van der Waals surface area (Å²) in [7, 11) is 1.78. The molecule has 0 radical (unpaired) electrons. The van der Waals surface area contributed by atoms with E-state index >= 15 is 0 Å². The number of ether oxygens (including phenoxy) is 2. The lowest BCUT2D eigenvalue weighted by atomic mass is 10.0. The molecular formula is C15H22N2O3. The van der Waals surface area contributed by atoms with Gasteiger partial charge in [0.25, 0.3) is 0 Å². The summed E-state index contributed by atoms with van der Waals surface area (Å²) < 4.78 is 11.0. The maximum absolute atomic E-state index is 12.0. The minimum Gasteiger partial charge on any atom is -0.486 e. The molecule has 0 saturated carbocycles. The van der Waals surface area contributed by atoms with Crippen LogP contribution in [0.2, 0.25) is 0 Å². The second-order valence-corrected chi connectivity index (χ2v) is 5.89. The lowest BCUT2D eigenvalue weighted by Crippen LogP contribution is -2.39. The van der Waals surface area contributed by atoms with Crippen LogP contribution >= 0.6 is 0 Å². The van der Waals surface area contributed by atoms with E-state index in [0.29, 0.717) is 26.2 Å². The molecule has 2 N–H and O–H groups in total. The summed E-state index contributed by atoms with van der Waals surface area (Å²) in [6.45, 7) is 5.38. The molecule has 1 aromatic carbocycles. The SMILES string of the molecule is CN(Cc1ccc2c(c1)OCCO2)C(=O)CC(C)(C)N. The molecule has 1 heterocycles. The molecule has 2 rings (SSSR count). The number of carbonyl (C=O) groups excluding carboxylic acids is 1. The second kappa shape index (κ2) is 5.71. The van der Waals surface area contributed by atoms with Gasteiger partial charge in [-0.3, -0.25) is 4.79 Å². The summed E-state index contributed by atoms with van der Waals surface area (Å²) in [5.41, 5.74) is 6.40. The van der Waals surface area contributed by atoms with Crippen molar-refractivity contribution in [3.63, 3.8) is 0 Å². The first kappa shape index (κ1) is 14.7. The summed E-state index contributed by atoms with van der Waals surface area (Å²) in [5, 5.41) is 0. The number of rotatable bonds is 4. The summed E-state index contributed by atoms with van der Waals surface area (Å²) >= 11 is 0. The molecule has 0 saturated heterocycles. The molecule has 0 atom stereocenters. The van der Waals surface area contributed by atoms with Gasteiger partial charge in [0.1, 0.15) is 13.2 Å². The Morgan fingerprint density at radius 1 is 1.30 bits per heavy atom. The fraction of sp³-hybridized carbons (Fsp3) is 0.533. The van der Waals surface area contributed by atoms with Crippen LogP contribution in [0.1, 0.15) is 25.8 Å². The molecule has 0 spiro atoms. The largest absolute Gasteiger partial charge is 0.486 e.